The molecule has 1 aromatic heterocycles. The Morgan fingerprint density at radius 3 is 1.59 bits per heavy atom. The van der Waals surface area contributed by atoms with Gasteiger partial charge in [-0.15, -0.1) is 0 Å². The minimum absolute atomic E-state index is 0.0950. The van der Waals surface area contributed by atoms with E-state index in [1.807, 2.05) is 0 Å². The van der Waals surface area contributed by atoms with E-state index in [1.54, 1.807) is 13.2 Å². The number of aromatic nitrogens is 2. The highest BCUT2D eigenvalue weighted by atomic mass is 16.4. The lowest BCUT2D eigenvalue weighted by atomic mass is 10.1. The van der Waals surface area contributed by atoms with Gasteiger partial charge in [0.15, 0.2) is 0 Å². The van der Waals surface area contributed by atoms with E-state index in [9.17, 15) is 24.0 Å². The number of primary amides is 1. The van der Waals surface area contributed by atoms with Crippen LogP contribution >= 0.6 is 0 Å². The van der Waals surface area contributed by atoms with E-state index in [4.69, 9.17) is 26.2 Å². The van der Waals surface area contributed by atoms with E-state index < -0.39 is 47.9 Å². The van der Waals surface area contributed by atoms with Crippen LogP contribution in [0.3, 0.4) is 0 Å². The third-order valence-electron chi connectivity index (χ3n) is 4.24. The number of likely N-dealkylation sites (N-methyl/N-ethyl adjacent to an activating group) is 3. The van der Waals surface area contributed by atoms with Crippen molar-refractivity contribution >= 4 is 29.8 Å². The first kappa shape index (κ1) is 32.6. The molecule has 1 rings (SSSR count). The fraction of sp³-hybridized carbons (Fsp3) is 0.579. The Bertz CT molecular complexity index is 721. The molecule has 0 unspecified atom stereocenters. The quantitative estimate of drug-likeness (QED) is 0.138. The molecule has 0 aromatic carbocycles. The predicted octanol–water partition coefficient (Wildman–Crippen LogP) is -1.93. The van der Waals surface area contributed by atoms with Crippen molar-refractivity contribution in [1.82, 2.24) is 25.9 Å². The van der Waals surface area contributed by atoms with Crippen LogP contribution in [0.15, 0.2) is 12.5 Å². The molecule has 10 N–H and O–H groups in total. The van der Waals surface area contributed by atoms with Crippen LogP contribution in [0, 0.1) is 0 Å². The Balaban J connectivity index is 0. The van der Waals surface area contributed by atoms with Crippen molar-refractivity contribution in [2.24, 2.45) is 5.73 Å². The van der Waals surface area contributed by atoms with Crippen LogP contribution in [0.5, 0.6) is 0 Å². The number of carbonyl (C=O) groups excluding carboxylic acids is 1. The number of aromatic amines is 1. The summed E-state index contributed by atoms with van der Waals surface area (Å²) in [6.07, 6.45) is 3.89. The van der Waals surface area contributed by atoms with Crippen LogP contribution in [0.2, 0.25) is 0 Å². The first-order valence-electron chi connectivity index (χ1n) is 10.1. The van der Waals surface area contributed by atoms with Crippen LogP contribution in [0.25, 0.3) is 0 Å². The van der Waals surface area contributed by atoms with Gasteiger partial charge in [-0.1, -0.05) is 0 Å². The molecular weight excluding hydrogens is 456 g/mol. The zero-order valence-electron chi connectivity index (χ0n) is 19.3. The number of nitrogens with two attached hydrogens (primary N) is 1. The normalized spacial score (nSPS) is 12.6. The average Bonchev–Trinajstić information content (AvgIpc) is 3.26. The topological polar surface area (TPSA) is 257 Å². The molecule has 0 spiro atoms. The highest BCUT2D eigenvalue weighted by Gasteiger charge is 2.16. The number of aliphatic carboxylic acids is 4. The highest BCUT2D eigenvalue weighted by Crippen LogP contribution is 1.98. The molecule has 0 saturated carbocycles. The highest BCUT2D eigenvalue weighted by molar-refractivity contribution is 5.77. The zero-order valence-corrected chi connectivity index (χ0v) is 19.3. The van der Waals surface area contributed by atoms with Gasteiger partial charge >= 0.3 is 23.9 Å². The average molecular weight is 491 g/mol. The van der Waals surface area contributed by atoms with Gasteiger partial charge in [-0.25, -0.2) is 4.98 Å². The smallest absolute Gasteiger partial charge is 0.321 e. The van der Waals surface area contributed by atoms with Gasteiger partial charge in [0, 0.05) is 31.2 Å². The molecule has 1 amide bonds. The SMILES string of the molecule is CN[C@@H](CCC(=O)O)C(=O)O.CN[C@@H](CCC(N)=O)C(=O)O.CN[C@@H](Cc1cnc[nH]1)C(=O)O. The minimum atomic E-state index is -1.02. The van der Waals surface area contributed by atoms with Crippen LogP contribution in [-0.4, -0.2) is 99.4 Å². The number of hydrogen-bond acceptors (Lipinski definition) is 9. The lowest BCUT2D eigenvalue weighted by Gasteiger charge is -2.08. The van der Waals surface area contributed by atoms with Gasteiger partial charge in [0.1, 0.15) is 18.1 Å². The monoisotopic (exact) mass is 490 g/mol. The number of carbonyl (C=O) groups is 5. The molecule has 3 atom stereocenters. The Hall–Kier alpha value is -3.56. The van der Waals surface area contributed by atoms with Gasteiger partial charge < -0.3 is 47.1 Å². The maximum absolute atomic E-state index is 10.6. The van der Waals surface area contributed by atoms with Gasteiger partial charge in [0.25, 0.3) is 0 Å². The van der Waals surface area contributed by atoms with Gasteiger partial charge in [0.2, 0.25) is 5.91 Å². The van der Waals surface area contributed by atoms with Crippen LogP contribution in [-0.2, 0) is 30.4 Å². The molecule has 0 bridgehead atoms. The Morgan fingerprint density at radius 2 is 1.29 bits per heavy atom. The lowest BCUT2D eigenvalue weighted by molar-refractivity contribution is -0.141. The summed E-state index contributed by atoms with van der Waals surface area (Å²) in [7, 11) is 4.63. The number of nitrogens with zero attached hydrogens (tertiary/aromatic N) is 1. The van der Waals surface area contributed by atoms with Crippen molar-refractivity contribution in [3.63, 3.8) is 0 Å². The zero-order chi connectivity index (χ0) is 26.7. The van der Waals surface area contributed by atoms with Gasteiger partial charge in [0.05, 0.1) is 6.33 Å². The molecule has 0 aliphatic carbocycles. The van der Waals surface area contributed by atoms with Crippen molar-refractivity contribution < 1.29 is 44.4 Å². The Labute approximate surface area is 196 Å². The molecule has 15 nitrogen and oxygen atoms in total. The fourth-order valence-corrected chi connectivity index (χ4v) is 2.27. The van der Waals surface area contributed by atoms with Crippen molar-refractivity contribution in [3.05, 3.63) is 18.2 Å². The lowest BCUT2D eigenvalue weighted by Crippen LogP contribution is -2.35. The second-order valence-corrected chi connectivity index (χ2v) is 6.76. The maximum atomic E-state index is 10.6. The first-order valence-corrected chi connectivity index (χ1v) is 10.1. The van der Waals surface area contributed by atoms with Crippen LogP contribution < -0.4 is 21.7 Å². The number of carboxylic acid groups (broad SMARTS) is 4. The number of nitrogens with one attached hydrogen (secondary N) is 4. The molecule has 0 radical (unpaired) electrons. The Morgan fingerprint density at radius 1 is 0.853 bits per heavy atom. The first-order chi connectivity index (χ1) is 15.9. The van der Waals surface area contributed by atoms with E-state index in [-0.39, 0.29) is 25.7 Å². The molecule has 0 fully saturated rings. The van der Waals surface area contributed by atoms with Crippen molar-refractivity contribution in [3.8, 4) is 0 Å². The minimum Gasteiger partial charge on any atom is -0.481 e. The molecule has 1 heterocycles. The second-order valence-electron chi connectivity index (χ2n) is 6.76. The third-order valence-corrected chi connectivity index (χ3v) is 4.24. The summed E-state index contributed by atoms with van der Waals surface area (Å²) >= 11 is 0. The van der Waals surface area contributed by atoms with E-state index in [2.05, 4.69) is 25.9 Å². The van der Waals surface area contributed by atoms with Crippen molar-refractivity contribution in [2.45, 2.75) is 50.2 Å². The van der Waals surface area contributed by atoms with E-state index in [0.29, 0.717) is 6.42 Å². The number of carboxylic acids is 4. The number of H-pyrrole nitrogens is 1. The molecule has 1 aromatic rings. The molecule has 0 aliphatic heterocycles. The summed E-state index contributed by atoms with van der Waals surface area (Å²) < 4.78 is 0. The summed E-state index contributed by atoms with van der Waals surface area (Å²) in [5.74, 6) is -4.30. The van der Waals surface area contributed by atoms with E-state index in [0.717, 1.165) is 5.69 Å². The molecule has 0 aliphatic rings. The summed E-state index contributed by atoms with van der Waals surface area (Å²) in [5, 5.41) is 41.5. The molecular formula is C19H34N6O9. The van der Waals surface area contributed by atoms with Crippen LogP contribution in [0.4, 0.5) is 0 Å². The standard InChI is InChI=1S/C7H11N3O2.C6H12N2O3.C6H11NO4/c1-8-6(7(11)12)2-5-3-9-4-10-5;1-8-4(6(10)11)2-3-5(7)9;1-7-4(6(10)11)2-3-5(8)9/h3-4,6,8H,2H2,1H3,(H,9,10)(H,11,12);4,8H,2-3H2,1H3,(H2,7,9)(H,10,11);4,7H,2-3H2,1H3,(H,8,9)(H,10,11)/t6-;2*4-/m000/s1. The summed E-state index contributed by atoms with van der Waals surface area (Å²) in [5.41, 5.74) is 5.65. The maximum Gasteiger partial charge on any atom is 0.321 e. The Kier molecular flexibility index (Phi) is 18.2. The largest absolute Gasteiger partial charge is 0.481 e. The number of hydrogen-bond donors (Lipinski definition) is 9. The summed E-state index contributed by atoms with van der Waals surface area (Å²) in [4.78, 5) is 58.1. The van der Waals surface area contributed by atoms with Gasteiger partial charge in [-0.3, -0.25) is 24.0 Å². The third kappa shape index (κ3) is 17.0. The number of amides is 1. The number of imidazole rings is 1. The predicted molar refractivity (Wildman–Crippen MR) is 119 cm³/mol. The summed E-state index contributed by atoms with van der Waals surface area (Å²) in [6.45, 7) is 0. The summed E-state index contributed by atoms with van der Waals surface area (Å²) in [6, 6.07) is -1.99. The fourth-order valence-electron chi connectivity index (χ4n) is 2.27. The molecule has 34 heavy (non-hydrogen) atoms. The molecule has 194 valence electrons. The van der Waals surface area contributed by atoms with Crippen molar-refractivity contribution in [2.75, 3.05) is 21.1 Å². The molecule has 0 saturated heterocycles. The van der Waals surface area contributed by atoms with Crippen molar-refractivity contribution in [1.29, 1.82) is 0 Å². The molecule has 15 heteroatoms. The van der Waals surface area contributed by atoms with Crippen LogP contribution in [0.1, 0.15) is 31.4 Å². The van der Waals surface area contributed by atoms with Gasteiger partial charge in [-0.2, -0.15) is 0 Å². The second kappa shape index (κ2) is 19.0. The van der Waals surface area contributed by atoms with E-state index in [1.165, 1.54) is 20.4 Å². The number of rotatable bonds is 14. The van der Waals surface area contributed by atoms with Gasteiger partial charge in [-0.05, 0) is 34.0 Å². The van der Waals surface area contributed by atoms with E-state index >= 15 is 0 Å².